The van der Waals surface area contributed by atoms with Gasteiger partial charge in [0.25, 0.3) is 0 Å². The number of hydrogen-bond donors (Lipinski definition) is 0. The molecule has 1 amide bonds. The van der Waals surface area contributed by atoms with Gasteiger partial charge in [-0.05, 0) is 13.0 Å². The molecular formula is C13H15NO4S2. The summed E-state index contributed by atoms with van der Waals surface area (Å²) in [5.74, 6) is -0.500. The Kier molecular flexibility index (Phi) is 4.49. The van der Waals surface area contributed by atoms with Crippen LogP contribution < -0.4 is 4.90 Å². The number of amides is 1. The molecule has 1 unspecified atom stereocenters. The number of carbonyl (C=O) groups excluding carboxylic acids is 3. The van der Waals surface area contributed by atoms with Crippen LogP contribution in [-0.2, 0) is 14.3 Å². The van der Waals surface area contributed by atoms with Crippen LogP contribution in [0.25, 0.3) is 0 Å². The Morgan fingerprint density at radius 3 is 2.80 bits per heavy atom. The van der Waals surface area contributed by atoms with Gasteiger partial charge in [0.1, 0.15) is 4.88 Å². The number of anilines is 1. The van der Waals surface area contributed by atoms with Crippen LogP contribution in [0, 0.1) is 6.92 Å². The zero-order valence-electron chi connectivity index (χ0n) is 11.5. The fourth-order valence-corrected chi connectivity index (χ4v) is 4.01. The van der Waals surface area contributed by atoms with E-state index in [0.717, 1.165) is 4.88 Å². The Hall–Kier alpha value is -1.34. The lowest BCUT2D eigenvalue weighted by molar-refractivity contribution is -0.117. The van der Waals surface area contributed by atoms with Crippen LogP contribution in [-0.4, -0.2) is 35.9 Å². The number of hydrogen-bond acceptors (Lipinski definition) is 6. The van der Waals surface area contributed by atoms with Crippen molar-refractivity contribution in [2.45, 2.75) is 25.5 Å². The van der Waals surface area contributed by atoms with Gasteiger partial charge in [-0.2, -0.15) is 0 Å². The molecule has 1 aromatic rings. The molecule has 1 aromatic heterocycles. The van der Waals surface area contributed by atoms with Crippen molar-refractivity contribution in [1.29, 1.82) is 0 Å². The minimum absolute atomic E-state index is 0.000611. The summed E-state index contributed by atoms with van der Waals surface area (Å²) in [4.78, 5) is 37.9. The smallest absolute Gasteiger partial charge is 0.350 e. The van der Waals surface area contributed by atoms with Crippen molar-refractivity contribution in [2.24, 2.45) is 0 Å². The Bertz CT molecular complexity index is 567. The number of aryl methyl sites for hydroxylation is 1. The first-order chi connectivity index (χ1) is 9.42. The van der Waals surface area contributed by atoms with Gasteiger partial charge in [0.15, 0.2) is 5.12 Å². The monoisotopic (exact) mass is 313 g/mol. The van der Waals surface area contributed by atoms with Gasteiger partial charge in [-0.15, -0.1) is 11.3 Å². The maximum absolute atomic E-state index is 12.1. The quantitative estimate of drug-likeness (QED) is 0.801. The number of methoxy groups -OCH3 is 1. The van der Waals surface area contributed by atoms with Crippen molar-refractivity contribution < 1.29 is 19.1 Å². The highest BCUT2D eigenvalue weighted by Gasteiger charge is 2.34. The minimum Gasteiger partial charge on any atom is -0.465 e. The number of rotatable bonds is 3. The van der Waals surface area contributed by atoms with Crippen molar-refractivity contribution >= 4 is 45.8 Å². The third-order valence-corrected chi connectivity index (χ3v) is 4.92. The van der Waals surface area contributed by atoms with Crippen molar-refractivity contribution in [3.8, 4) is 0 Å². The van der Waals surface area contributed by atoms with Crippen molar-refractivity contribution in [2.75, 3.05) is 18.6 Å². The fourth-order valence-electron chi connectivity index (χ4n) is 2.16. The molecule has 0 N–H and O–H groups in total. The molecule has 2 heterocycles. The molecule has 0 aromatic carbocycles. The van der Waals surface area contributed by atoms with Gasteiger partial charge < -0.3 is 9.64 Å². The lowest BCUT2D eigenvalue weighted by atomic mass is 10.3. The zero-order chi connectivity index (χ0) is 14.9. The summed E-state index contributed by atoms with van der Waals surface area (Å²) in [6.07, 6.45) is 0.319. The van der Waals surface area contributed by atoms with Crippen LogP contribution in [0.3, 0.4) is 0 Å². The van der Waals surface area contributed by atoms with Crippen LogP contribution in [0.1, 0.15) is 27.9 Å². The van der Waals surface area contributed by atoms with Gasteiger partial charge >= 0.3 is 5.97 Å². The van der Waals surface area contributed by atoms with Crippen molar-refractivity contribution in [3.05, 3.63) is 15.8 Å². The molecule has 1 aliphatic rings. The molecule has 1 saturated heterocycles. The highest BCUT2D eigenvalue weighted by Crippen LogP contribution is 2.35. The predicted molar refractivity (Wildman–Crippen MR) is 79.4 cm³/mol. The second kappa shape index (κ2) is 5.97. The molecule has 7 heteroatoms. The molecule has 5 nitrogen and oxygen atoms in total. The molecule has 0 bridgehead atoms. The Morgan fingerprint density at radius 2 is 2.20 bits per heavy atom. The van der Waals surface area contributed by atoms with Gasteiger partial charge in [-0.3, -0.25) is 9.59 Å². The molecule has 1 atom stereocenters. The van der Waals surface area contributed by atoms with Crippen LogP contribution in [0.2, 0.25) is 0 Å². The van der Waals surface area contributed by atoms with Crippen LogP contribution in [0.5, 0.6) is 0 Å². The van der Waals surface area contributed by atoms with E-state index >= 15 is 0 Å². The predicted octanol–water partition coefficient (Wildman–Crippen LogP) is 2.23. The minimum atomic E-state index is -0.437. The summed E-state index contributed by atoms with van der Waals surface area (Å²) in [5, 5.41) is -0.0509. The summed E-state index contributed by atoms with van der Waals surface area (Å²) in [6, 6.07) is 1.82. The summed E-state index contributed by atoms with van der Waals surface area (Å²) in [5.41, 5.74) is 0.594. The number of ether oxygens (including phenoxy) is 1. The normalized spacial score (nSPS) is 18.4. The average Bonchev–Trinajstić information content (AvgIpc) is 2.90. The van der Waals surface area contributed by atoms with Gasteiger partial charge in [0.2, 0.25) is 5.91 Å². The summed E-state index contributed by atoms with van der Waals surface area (Å²) >= 11 is 2.49. The van der Waals surface area contributed by atoms with Gasteiger partial charge in [-0.1, -0.05) is 11.8 Å². The summed E-state index contributed by atoms with van der Waals surface area (Å²) in [7, 11) is 1.32. The van der Waals surface area contributed by atoms with E-state index in [2.05, 4.69) is 0 Å². The highest BCUT2D eigenvalue weighted by molar-refractivity contribution is 8.14. The second-order valence-electron chi connectivity index (χ2n) is 4.50. The van der Waals surface area contributed by atoms with E-state index in [1.54, 1.807) is 4.90 Å². The van der Waals surface area contributed by atoms with E-state index in [0.29, 0.717) is 23.5 Å². The number of esters is 1. The molecule has 20 heavy (non-hydrogen) atoms. The topological polar surface area (TPSA) is 63.7 Å². The summed E-state index contributed by atoms with van der Waals surface area (Å²) < 4.78 is 4.75. The second-order valence-corrected chi connectivity index (χ2v) is 7.24. The van der Waals surface area contributed by atoms with E-state index in [4.69, 9.17) is 4.74 Å². The first-order valence-corrected chi connectivity index (χ1v) is 7.78. The highest BCUT2D eigenvalue weighted by atomic mass is 32.2. The van der Waals surface area contributed by atoms with Crippen LogP contribution >= 0.6 is 23.1 Å². The Morgan fingerprint density at radius 1 is 1.50 bits per heavy atom. The standard InChI is InChI=1S/C13H15NO4S2/c1-7-4-10(12(19-7)13(17)18-3)14-6-9(5-11(14)16)20-8(2)15/h4,9H,5-6H2,1-3H3. The lowest BCUT2D eigenvalue weighted by Crippen LogP contribution is -2.26. The molecule has 0 saturated carbocycles. The van der Waals surface area contributed by atoms with E-state index < -0.39 is 5.97 Å². The lowest BCUT2D eigenvalue weighted by Gasteiger charge is -2.16. The average molecular weight is 313 g/mol. The molecule has 0 radical (unpaired) electrons. The first-order valence-electron chi connectivity index (χ1n) is 6.08. The number of thioether (sulfide) groups is 1. The molecule has 1 aliphatic heterocycles. The zero-order valence-corrected chi connectivity index (χ0v) is 13.1. The number of carbonyl (C=O) groups is 3. The number of thiophene rings is 1. The molecular weight excluding hydrogens is 298 g/mol. The number of nitrogens with zero attached hydrogens (tertiary/aromatic N) is 1. The van der Waals surface area contributed by atoms with Crippen molar-refractivity contribution in [1.82, 2.24) is 0 Å². The Labute approximate surface area is 125 Å². The van der Waals surface area contributed by atoms with E-state index in [1.807, 2.05) is 13.0 Å². The SMILES string of the molecule is COC(=O)c1sc(C)cc1N1CC(SC(C)=O)CC1=O. The largest absolute Gasteiger partial charge is 0.465 e. The van der Waals surface area contributed by atoms with Gasteiger partial charge in [-0.25, -0.2) is 4.79 Å². The summed E-state index contributed by atoms with van der Waals surface area (Å²) in [6.45, 7) is 3.82. The maximum atomic E-state index is 12.1. The third kappa shape index (κ3) is 3.04. The van der Waals surface area contributed by atoms with Crippen molar-refractivity contribution in [3.63, 3.8) is 0 Å². The van der Waals surface area contributed by atoms with E-state index in [1.165, 1.54) is 37.1 Å². The van der Waals surface area contributed by atoms with Gasteiger partial charge in [0, 0.05) is 30.0 Å². The van der Waals surface area contributed by atoms with Crippen LogP contribution in [0.15, 0.2) is 6.07 Å². The maximum Gasteiger partial charge on any atom is 0.350 e. The first kappa shape index (κ1) is 15.1. The van der Waals surface area contributed by atoms with E-state index in [9.17, 15) is 14.4 Å². The Balaban J connectivity index is 2.26. The fraction of sp³-hybridized carbons (Fsp3) is 0.462. The molecule has 0 aliphatic carbocycles. The molecule has 0 spiro atoms. The molecule has 108 valence electrons. The van der Waals surface area contributed by atoms with Crippen LogP contribution in [0.4, 0.5) is 5.69 Å². The molecule has 1 fully saturated rings. The third-order valence-electron chi connectivity index (χ3n) is 2.92. The molecule has 2 rings (SSSR count). The van der Waals surface area contributed by atoms with Gasteiger partial charge in [0.05, 0.1) is 12.8 Å². The van der Waals surface area contributed by atoms with E-state index in [-0.39, 0.29) is 16.3 Å².